The van der Waals surface area contributed by atoms with E-state index in [-0.39, 0.29) is 0 Å². The van der Waals surface area contributed by atoms with Gasteiger partial charge in [0.2, 0.25) is 0 Å². The molecular weight excluding hydrogens is 142 g/mol. The van der Waals surface area contributed by atoms with Crippen LogP contribution in [0.4, 0.5) is 0 Å². The predicted octanol–water partition coefficient (Wildman–Crippen LogP) is 2.18. The van der Waals surface area contributed by atoms with Crippen LogP contribution in [0.15, 0.2) is 0 Å². The van der Waals surface area contributed by atoms with E-state index in [2.05, 4.69) is 18.1 Å². The molecule has 0 aliphatic carbocycles. The van der Waals surface area contributed by atoms with Gasteiger partial charge in [-0.2, -0.15) is 0 Å². The van der Waals surface area contributed by atoms with Gasteiger partial charge in [-0.05, 0) is 39.1 Å². The van der Waals surface area contributed by atoms with Gasteiger partial charge in [-0.1, -0.05) is 6.42 Å². The van der Waals surface area contributed by atoms with Gasteiger partial charge >= 0.3 is 0 Å². The lowest BCUT2D eigenvalue weighted by atomic mass is 10.1. The molecular formula is C8H17NS. The highest BCUT2D eigenvalue weighted by Crippen LogP contribution is 2.17. The molecule has 1 fully saturated rings. The third kappa shape index (κ3) is 2.17. The first kappa shape index (κ1) is 8.41. The minimum atomic E-state index is 0.736. The van der Waals surface area contributed by atoms with E-state index in [9.17, 15) is 0 Å². The van der Waals surface area contributed by atoms with Gasteiger partial charge in [0.1, 0.15) is 0 Å². The SMILES string of the molecule is CSC(C)N1CCCCC1. The van der Waals surface area contributed by atoms with Gasteiger partial charge in [0.15, 0.2) is 0 Å². The first-order valence-corrected chi connectivity index (χ1v) is 5.40. The molecule has 0 radical (unpaired) electrons. The maximum absolute atomic E-state index is 2.58. The van der Waals surface area contributed by atoms with Crippen molar-refractivity contribution in [1.82, 2.24) is 4.90 Å². The molecule has 1 rings (SSSR count). The molecule has 1 aliphatic heterocycles. The number of hydrogen-bond donors (Lipinski definition) is 0. The summed E-state index contributed by atoms with van der Waals surface area (Å²) in [6.07, 6.45) is 6.45. The van der Waals surface area contributed by atoms with Crippen molar-refractivity contribution in [3.05, 3.63) is 0 Å². The molecule has 1 heterocycles. The molecule has 0 aromatic carbocycles. The van der Waals surface area contributed by atoms with Crippen LogP contribution in [0, 0.1) is 0 Å². The fraction of sp³-hybridized carbons (Fsp3) is 1.00. The van der Waals surface area contributed by atoms with E-state index in [1.807, 2.05) is 11.8 Å². The number of piperidine rings is 1. The van der Waals surface area contributed by atoms with Gasteiger partial charge in [-0.15, -0.1) is 11.8 Å². The Bertz CT molecular complexity index is 89.3. The summed E-state index contributed by atoms with van der Waals surface area (Å²) in [5.74, 6) is 0. The second kappa shape index (κ2) is 4.24. The lowest BCUT2D eigenvalue weighted by Crippen LogP contribution is -2.35. The number of nitrogens with zero attached hydrogens (tertiary/aromatic N) is 1. The lowest BCUT2D eigenvalue weighted by molar-refractivity contribution is 0.222. The van der Waals surface area contributed by atoms with E-state index < -0.39 is 0 Å². The van der Waals surface area contributed by atoms with E-state index in [1.54, 1.807) is 0 Å². The molecule has 0 saturated carbocycles. The monoisotopic (exact) mass is 159 g/mol. The maximum Gasteiger partial charge on any atom is 0.0525 e. The second-order valence-electron chi connectivity index (χ2n) is 2.93. The van der Waals surface area contributed by atoms with Crippen LogP contribution in [0.2, 0.25) is 0 Å². The van der Waals surface area contributed by atoms with Crippen LogP contribution in [-0.2, 0) is 0 Å². The van der Waals surface area contributed by atoms with Gasteiger partial charge in [0.05, 0.1) is 5.37 Å². The number of hydrogen-bond acceptors (Lipinski definition) is 2. The molecule has 10 heavy (non-hydrogen) atoms. The topological polar surface area (TPSA) is 3.24 Å². The Morgan fingerprint density at radius 2 is 1.80 bits per heavy atom. The highest BCUT2D eigenvalue weighted by atomic mass is 32.2. The molecule has 1 aliphatic rings. The zero-order valence-corrected chi connectivity index (χ0v) is 7.78. The Kier molecular flexibility index (Phi) is 3.57. The van der Waals surface area contributed by atoms with Gasteiger partial charge in [0, 0.05) is 0 Å². The van der Waals surface area contributed by atoms with Crippen LogP contribution < -0.4 is 0 Å². The Morgan fingerprint density at radius 1 is 1.20 bits per heavy atom. The van der Waals surface area contributed by atoms with Crippen molar-refractivity contribution in [3.8, 4) is 0 Å². The Hall–Kier alpha value is 0.310. The van der Waals surface area contributed by atoms with Crippen molar-refractivity contribution in [2.24, 2.45) is 0 Å². The van der Waals surface area contributed by atoms with E-state index in [0.717, 1.165) is 5.37 Å². The van der Waals surface area contributed by atoms with Crippen molar-refractivity contribution in [3.63, 3.8) is 0 Å². The summed E-state index contributed by atoms with van der Waals surface area (Å²) in [5.41, 5.74) is 0. The van der Waals surface area contributed by atoms with Gasteiger partial charge < -0.3 is 0 Å². The van der Waals surface area contributed by atoms with Crippen LogP contribution in [0.3, 0.4) is 0 Å². The largest absolute Gasteiger partial charge is 0.292 e. The van der Waals surface area contributed by atoms with Gasteiger partial charge in [0.25, 0.3) is 0 Å². The molecule has 0 bridgehead atoms. The van der Waals surface area contributed by atoms with Gasteiger partial charge in [-0.3, -0.25) is 4.90 Å². The summed E-state index contributed by atoms with van der Waals surface area (Å²) in [4.78, 5) is 2.58. The quantitative estimate of drug-likeness (QED) is 0.607. The summed E-state index contributed by atoms with van der Waals surface area (Å²) >= 11 is 1.96. The van der Waals surface area contributed by atoms with Crippen molar-refractivity contribution in [2.75, 3.05) is 19.3 Å². The fourth-order valence-electron chi connectivity index (χ4n) is 1.43. The first-order chi connectivity index (χ1) is 4.84. The van der Waals surface area contributed by atoms with E-state index >= 15 is 0 Å². The predicted molar refractivity (Wildman–Crippen MR) is 48.4 cm³/mol. The molecule has 0 aromatic rings. The van der Waals surface area contributed by atoms with E-state index in [1.165, 1.54) is 32.4 Å². The molecule has 0 amide bonds. The molecule has 1 unspecified atom stereocenters. The van der Waals surface area contributed by atoms with E-state index in [0.29, 0.717) is 0 Å². The molecule has 60 valence electrons. The zero-order chi connectivity index (χ0) is 7.40. The third-order valence-electron chi connectivity index (χ3n) is 2.25. The van der Waals surface area contributed by atoms with Crippen molar-refractivity contribution < 1.29 is 0 Å². The smallest absolute Gasteiger partial charge is 0.0525 e. The Labute approximate surface area is 68.2 Å². The average Bonchev–Trinajstić information content (AvgIpc) is 2.05. The van der Waals surface area contributed by atoms with Crippen molar-refractivity contribution >= 4 is 11.8 Å². The maximum atomic E-state index is 2.58. The lowest BCUT2D eigenvalue weighted by Gasteiger charge is -2.30. The molecule has 2 heteroatoms. The Morgan fingerprint density at radius 3 is 2.30 bits per heavy atom. The average molecular weight is 159 g/mol. The van der Waals surface area contributed by atoms with Crippen LogP contribution >= 0.6 is 11.8 Å². The number of likely N-dealkylation sites (tertiary alicyclic amines) is 1. The van der Waals surface area contributed by atoms with Crippen LogP contribution in [-0.4, -0.2) is 29.6 Å². The summed E-state index contributed by atoms with van der Waals surface area (Å²) < 4.78 is 0. The van der Waals surface area contributed by atoms with Crippen LogP contribution in [0.1, 0.15) is 26.2 Å². The van der Waals surface area contributed by atoms with Crippen LogP contribution in [0.5, 0.6) is 0 Å². The Balaban J connectivity index is 2.24. The van der Waals surface area contributed by atoms with Crippen LogP contribution in [0.25, 0.3) is 0 Å². The number of rotatable bonds is 2. The highest BCUT2D eigenvalue weighted by Gasteiger charge is 2.14. The first-order valence-electron chi connectivity index (χ1n) is 4.11. The minimum Gasteiger partial charge on any atom is -0.292 e. The minimum absolute atomic E-state index is 0.736. The molecule has 0 spiro atoms. The van der Waals surface area contributed by atoms with Crippen molar-refractivity contribution in [1.29, 1.82) is 0 Å². The summed E-state index contributed by atoms with van der Waals surface area (Å²) in [5, 5.41) is 0.736. The summed E-state index contributed by atoms with van der Waals surface area (Å²) in [7, 11) is 0. The number of thioether (sulfide) groups is 1. The standard InChI is InChI=1S/C8H17NS/c1-8(10-2)9-6-4-3-5-7-9/h8H,3-7H2,1-2H3. The fourth-order valence-corrected chi connectivity index (χ4v) is 1.94. The summed E-state index contributed by atoms with van der Waals surface area (Å²) in [6.45, 7) is 4.94. The molecule has 1 atom stereocenters. The van der Waals surface area contributed by atoms with E-state index in [4.69, 9.17) is 0 Å². The zero-order valence-electron chi connectivity index (χ0n) is 6.97. The van der Waals surface area contributed by atoms with Gasteiger partial charge in [-0.25, -0.2) is 0 Å². The molecule has 1 nitrogen and oxygen atoms in total. The molecule has 1 saturated heterocycles. The molecule has 0 aromatic heterocycles. The highest BCUT2D eigenvalue weighted by molar-refractivity contribution is 7.99. The summed E-state index contributed by atoms with van der Waals surface area (Å²) in [6, 6.07) is 0. The normalized spacial score (nSPS) is 24.6. The molecule has 0 N–H and O–H groups in total. The third-order valence-corrected chi connectivity index (χ3v) is 3.23. The second-order valence-corrected chi connectivity index (χ2v) is 4.09. The van der Waals surface area contributed by atoms with Crippen molar-refractivity contribution in [2.45, 2.75) is 31.6 Å².